The van der Waals surface area contributed by atoms with Crippen molar-refractivity contribution in [2.24, 2.45) is 7.05 Å². The molecule has 0 aliphatic rings. The lowest BCUT2D eigenvalue weighted by Gasteiger charge is -2.04. The first-order valence-corrected chi connectivity index (χ1v) is 8.34. The molecule has 0 saturated carbocycles. The second-order valence-electron chi connectivity index (χ2n) is 5.67. The first-order valence-electron chi connectivity index (χ1n) is 7.96. The lowest BCUT2D eigenvalue weighted by Crippen LogP contribution is -2.23. The van der Waals surface area contributed by atoms with Gasteiger partial charge in [-0.05, 0) is 29.8 Å². The smallest absolute Gasteiger partial charge is 0.272 e. The molecule has 0 fully saturated rings. The highest BCUT2D eigenvalue weighted by Crippen LogP contribution is 2.13. The Morgan fingerprint density at radius 1 is 1.04 bits per heavy atom. The lowest BCUT2D eigenvalue weighted by atomic mass is 10.2. The van der Waals surface area contributed by atoms with Gasteiger partial charge in [0, 0.05) is 30.2 Å². The minimum Gasteiger partial charge on any atom is -0.347 e. The number of aromatic nitrogens is 2. The third kappa shape index (κ3) is 4.29. The molecule has 0 aliphatic heterocycles. The zero-order valence-corrected chi connectivity index (χ0v) is 14.8. The van der Waals surface area contributed by atoms with Crippen LogP contribution in [0.1, 0.15) is 26.4 Å². The first-order chi connectivity index (χ1) is 12.5. The zero-order chi connectivity index (χ0) is 18.5. The fourth-order valence-electron chi connectivity index (χ4n) is 2.39. The van der Waals surface area contributed by atoms with E-state index in [9.17, 15) is 9.59 Å². The average Bonchev–Trinajstić information content (AvgIpc) is 3.01. The summed E-state index contributed by atoms with van der Waals surface area (Å²) >= 11 is 5.93. The van der Waals surface area contributed by atoms with Crippen molar-refractivity contribution in [3.8, 4) is 0 Å². The number of nitrogens with zero attached hydrogens (tertiary/aromatic N) is 2. The Morgan fingerprint density at radius 2 is 1.81 bits per heavy atom. The second-order valence-corrected chi connectivity index (χ2v) is 6.11. The quantitative estimate of drug-likeness (QED) is 0.725. The van der Waals surface area contributed by atoms with Crippen LogP contribution in [0.5, 0.6) is 0 Å². The number of amides is 2. The second kappa shape index (κ2) is 7.84. The molecule has 0 saturated heterocycles. The van der Waals surface area contributed by atoms with Crippen molar-refractivity contribution in [3.63, 3.8) is 0 Å². The molecule has 0 atom stereocenters. The van der Waals surface area contributed by atoms with E-state index < -0.39 is 0 Å². The number of carbonyl (C=O) groups is 2. The van der Waals surface area contributed by atoms with E-state index in [2.05, 4.69) is 15.7 Å². The van der Waals surface area contributed by atoms with Crippen LogP contribution in [-0.4, -0.2) is 21.6 Å². The maximum absolute atomic E-state index is 12.3. The number of aryl methyl sites for hydroxylation is 1. The molecule has 3 rings (SSSR count). The van der Waals surface area contributed by atoms with Gasteiger partial charge in [0.15, 0.2) is 5.69 Å². The Balaban J connectivity index is 1.65. The van der Waals surface area contributed by atoms with E-state index in [0.717, 1.165) is 5.56 Å². The molecule has 2 N–H and O–H groups in total. The van der Waals surface area contributed by atoms with E-state index >= 15 is 0 Å². The van der Waals surface area contributed by atoms with Crippen molar-refractivity contribution in [1.29, 1.82) is 0 Å². The minimum atomic E-state index is -0.333. The Kier molecular flexibility index (Phi) is 5.34. The van der Waals surface area contributed by atoms with Crippen LogP contribution in [0.15, 0.2) is 60.7 Å². The van der Waals surface area contributed by atoms with Crippen LogP contribution in [0.25, 0.3) is 0 Å². The molecule has 3 aromatic rings. The Hall–Kier alpha value is -3.12. The lowest BCUT2D eigenvalue weighted by molar-refractivity contribution is 0.0944. The number of nitrogens with one attached hydrogen (secondary N) is 2. The molecular weight excluding hydrogens is 352 g/mol. The number of hydrogen-bond acceptors (Lipinski definition) is 3. The van der Waals surface area contributed by atoms with Crippen molar-refractivity contribution in [2.75, 3.05) is 5.32 Å². The summed E-state index contributed by atoms with van der Waals surface area (Å²) in [5, 5.41) is 10.3. The topological polar surface area (TPSA) is 76.0 Å². The van der Waals surface area contributed by atoms with Crippen LogP contribution in [0.3, 0.4) is 0 Å². The van der Waals surface area contributed by atoms with E-state index in [-0.39, 0.29) is 17.5 Å². The van der Waals surface area contributed by atoms with E-state index in [4.69, 9.17) is 11.6 Å². The summed E-state index contributed by atoms with van der Waals surface area (Å²) in [5.41, 5.74) is 1.64. The van der Waals surface area contributed by atoms with Crippen molar-refractivity contribution in [1.82, 2.24) is 15.1 Å². The Bertz CT molecular complexity index is 938. The maximum Gasteiger partial charge on any atom is 0.272 e. The summed E-state index contributed by atoms with van der Waals surface area (Å²) in [7, 11) is 1.66. The molecule has 1 heterocycles. The highest BCUT2D eigenvalue weighted by molar-refractivity contribution is 6.30. The van der Waals surface area contributed by atoms with Crippen LogP contribution < -0.4 is 10.6 Å². The van der Waals surface area contributed by atoms with Gasteiger partial charge >= 0.3 is 0 Å². The van der Waals surface area contributed by atoms with Gasteiger partial charge in [-0.15, -0.1) is 0 Å². The van der Waals surface area contributed by atoms with Crippen LogP contribution >= 0.6 is 11.6 Å². The predicted molar refractivity (Wildman–Crippen MR) is 100 cm³/mol. The van der Waals surface area contributed by atoms with Gasteiger partial charge in [0.25, 0.3) is 11.8 Å². The molecule has 132 valence electrons. The van der Waals surface area contributed by atoms with Crippen LogP contribution in [-0.2, 0) is 13.6 Å². The summed E-state index contributed by atoms with van der Waals surface area (Å²) < 4.78 is 1.45. The Morgan fingerprint density at radius 3 is 2.54 bits per heavy atom. The number of hydrogen-bond donors (Lipinski definition) is 2. The minimum absolute atomic E-state index is 0.220. The van der Waals surface area contributed by atoms with Gasteiger partial charge in [0.1, 0.15) is 5.82 Å². The van der Waals surface area contributed by atoms with Gasteiger partial charge in [-0.3, -0.25) is 14.3 Å². The largest absolute Gasteiger partial charge is 0.347 e. The van der Waals surface area contributed by atoms with Crippen molar-refractivity contribution >= 4 is 29.2 Å². The van der Waals surface area contributed by atoms with Crippen LogP contribution in [0.4, 0.5) is 5.82 Å². The van der Waals surface area contributed by atoms with Gasteiger partial charge in [-0.25, -0.2) is 0 Å². The normalized spacial score (nSPS) is 10.4. The molecule has 0 bridgehead atoms. The van der Waals surface area contributed by atoms with Gasteiger partial charge in [-0.1, -0.05) is 41.9 Å². The number of rotatable bonds is 5. The molecular formula is C19H17ClN4O2. The molecule has 0 aliphatic carbocycles. The number of halogens is 1. The predicted octanol–water partition coefficient (Wildman–Crippen LogP) is 3.26. The van der Waals surface area contributed by atoms with E-state index in [0.29, 0.717) is 22.9 Å². The van der Waals surface area contributed by atoms with Gasteiger partial charge in [0.05, 0.1) is 0 Å². The summed E-state index contributed by atoms with van der Waals surface area (Å²) in [5.74, 6) is -0.160. The van der Waals surface area contributed by atoms with Crippen molar-refractivity contribution < 1.29 is 9.59 Å². The van der Waals surface area contributed by atoms with E-state index in [1.54, 1.807) is 43.4 Å². The average molecular weight is 369 g/mol. The summed E-state index contributed by atoms with van der Waals surface area (Å²) in [6, 6.07) is 17.6. The standard InChI is InChI=1S/C19H17ClN4O2/c1-24-17(22-18(25)14-7-3-2-4-8-14)11-16(23-24)19(26)21-12-13-6-5-9-15(20)10-13/h2-11H,12H2,1H3,(H,21,26)(H,22,25). The third-order valence-electron chi connectivity index (χ3n) is 3.73. The van der Waals surface area contributed by atoms with E-state index in [1.165, 1.54) is 10.7 Å². The molecule has 26 heavy (non-hydrogen) atoms. The highest BCUT2D eigenvalue weighted by atomic mass is 35.5. The fourth-order valence-corrected chi connectivity index (χ4v) is 2.61. The monoisotopic (exact) mass is 368 g/mol. The molecule has 0 radical (unpaired) electrons. The maximum atomic E-state index is 12.3. The van der Waals surface area contributed by atoms with Gasteiger partial charge < -0.3 is 10.6 Å². The molecule has 0 unspecified atom stereocenters. The van der Waals surface area contributed by atoms with Gasteiger partial charge in [0.2, 0.25) is 0 Å². The van der Waals surface area contributed by atoms with Crippen molar-refractivity contribution in [3.05, 3.63) is 82.5 Å². The molecule has 6 nitrogen and oxygen atoms in total. The summed E-state index contributed by atoms with van der Waals surface area (Å²) in [6.07, 6.45) is 0. The van der Waals surface area contributed by atoms with Crippen LogP contribution in [0.2, 0.25) is 5.02 Å². The molecule has 7 heteroatoms. The van der Waals surface area contributed by atoms with Crippen LogP contribution in [0, 0.1) is 0 Å². The third-order valence-corrected chi connectivity index (χ3v) is 3.97. The molecule has 1 aromatic heterocycles. The molecule has 2 amide bonds. The van der Waals surface area contributed by atoms with E-state index in [1.807, 2.05) is 18.2 Å². The summed E-state index contributed by atoms with van der Waals surface area (Å²) in [6.45, 7) is 0.335. The zero-order valence-electron chi connectivity index (χ0n) is 14.1. The highest BCUT2D eigenvalue weighted by Gasteiger charge is 2.15. The molecule has 0 spiro atoms. The fraction of sp³-hybridized carbons (Fsp3) is 0.105. The Labute approximate surface area is 155 Å². The first kappa shape index (κ1) is 17.7. The van der Waals surface area contributed by atoms with Crippen molar-refractivity contribution in [2.45, 2.75) is 6.54 Å². The molecule has 2 aromatic carbocycles. The number of carbonyl (C=O) groups excluding carboxylic acids is 2. The van der Waals surface area contributed by atoms with Gasteiger partial charge in [-0.2, -0.15) is 5.10 Å². The summed E-state index contributed by atoms with van der Waals surface area (Å²) in [4.78, 5) is 24.5. The number of anilines is 1. The SMILES string of the molecule is Cn1nc(C(=O)NCc2cccc(Cl)c2)cc1NC(=O)c1ccccc1. The number of benzene rings is 2.